The van der Waals surface area contributed by atoms with E-state index in [-0.39, 0.29) is 17.7 Å². The summed E-state index contributed by atoms with van der Waals surface area (Å²) in [5.74, 6) is -0.316. The summed E-state index contributed by atoms with van der Waals surface area (Å²) in [7, 11) is -4.06. The van der Waals surface area contributed by atoms with Crippen LogP contribution in [0.15, 0.2) is 83.1 Å². The van der Waals surface area contributed by atoms with Crippen LogP contribution >= 0.6 is 22.7 Å². The number of nitrogens with zero attached hydrogens (tertiary/aromatic N) is 3. The summed E-state index contributed by atoms with van der Waals surface area (Å²) >= 11 is 2.99. The van der Waals surface area contributed by atoms with Crippen molar-refractivity contribution in [2.24, 2.45) is 0 Å². The van der Waals surface area contributed by atoms with Crippen LogP contribution < -0.4 is 24.2 Å². The summed E-state index contributed by atoms with van der Waals surface area (Å²) in [5, 5.41) is 2.95. The Balaban J connectivity index is 1.55. The number of thiazole rings is 2. The van der Waals surface area contributed by atoms with Crippen molar-refractivity contribution in [3.63, 3.8) is 0 Å². The molecule has 0 amide bonds. The number of rotatable bonds is 11. The van der Waals surface area contributed by atoms with Gasteiger partial charge in [-0.3, -0.25) is 13.9 Å². The highest BCUT2D eigenvalue weighted by Gasteiger charge is 2.22. The van der Waals surface area contributed by atoms with Gasteiger partial charge in [-0.25, -0.2) is 0 Å². The normalized spacial score (nSPS) is 15.0. The third-order valence-corrected chi connectivity index (χ3v) is 10.1. The second kappa shape index (κ2) is 13.8. The molecule has 10 heteroatoms. The first-order valence-corrected chi connectivity index (χ1v) is 17.8. The van der Waals surface area contributed by atoms with Gasteiger partial charge < -0.3 is 4.90 Å². The van der Waals surface area contributed by atoms with Crippen LogP contribution in [0.4, 0.5) is 5.69 Å². The second-order valence-corrected chi connectivity index (χ2v) is 13.8. The van der Waals surface area contributed by atoms with Crippen LogP contribution in [0, 0.1) is 0 Å². The number of aromatic nitrogens is 2. The number of unbranched alkanes of at least 4 members (excludes halogenated alkanes) is 1. The quantitative estimate of drug-likeness (QED) is 0.185. The van der Waals surface area contributed by atoms with Crippen molar-refractivity contribution >= 4 is 56.2 Å². The number of anilines is 1. The highest BCUT2D eigenvalue weighted by atomic mass is 32.2. The molecule has 0 aliphatic carbocycles. The third-order valence-electron chi connectivity index (χ3n) is 7.33. The molecular formula is C33H36N3O4S3+. The van der Waals surface area contributed by atoms with Gasteiger partial charge in [-0.15, -0.1) is 11.3 Å². The van der Waals surface area contributed by atoms with Crippen LogP contribution in [0.1, 0.15) is 43.7 Å². The topological polar surface area (TPSA) is 83.5 Å². The molecule has 0 fully saturated rings. The molecule has 1 aliphatic rings. The standard InChI is InChI=1S/C33H35N3O4S3/c1-3-5-19-34-21-18-25(27-14-9-10-15-28(27)34)16-17-30-33(37)35(4-2)32(42-30)23-31-36(20-11-22-43(38,39)40)29(24-41-31)26-12-7-6-8-13-26/h6-10,12-18,21,23-24H,3-5,11,19-20,22H2,1-2H3/p+1/b25-16+,30-17+. The van der Waals surface area contributed by atoms with Crippen molar-refractivity contribution in [3.05, 3.63) is 108 Å². The summed E-state index contributed by atoms with van der Waals surface area (Å²) in [5.41, 5.74) is 5.32. The Morgan fingerprint density at radius 3 is 2.51 bits per heavy atom. The zero-order chi connectivity index (χ0) is 30.4. The molecule has 0 spiro atoms. The van der Waals surface area contributed by atoms with E-state index in [1.165, 1.54) is 17.0 Å². The van der Waals surface area contributed by atoms with E-state index in [4.69, 9.17) is 0 Å². The first-order chi connectivity index (χ1) is 20.8. The first kappa shape index (κ1) is 30.9. The van der Waals surface area contributed by atoms with E-state index in [0.717, 1.165) is 51.5 Å². The van der Waals surface area contributed by atoms with Gasteiger partial charge in [0.25, 0.3) is 20.7 Å². The summed E-state index contributed by atoms with van der Waals surface area (Å²) < 4.78 is 37.4. The molecule has 0 saturated carbocycles. The minimum Gasteiger partial charge on any atom is -0.347 e. The third kappa shape index (κ3) is 7.33. The zero-order valence-electron chi connectivity index (χ0n) is 24.3. The van der Waals surface area contributed by atoms with Gasteiger partial charge in [-0.2, -0.15) is 13.0 Å². The lowest BCUT2D eigenvalue weighted by molar-refractivity contribution is -0.683. The Morgan fingerprint density at radius 1 is 1.00 bits per heavy atom. The SMILES string of the molecule is CCCCN1C=C/C(=C\C=c2\s/c(=C/c3scc(-c4ccccc4)[n+]3CCCS(=O)(=O)O)n(CC)c2=O)c2ccccc21. The van der Waals surface area contributed by atoms with Crippen LogP contribution in [-0.2, 0) is 23.2 Å². The van der Waals surface area contributed by atoms with Crippen LogP contribution in [0.5, 0.6) is 0 Å². The fourth-order valence-corrected chi connectivity index (χ4v) is 7.76. The number of para-hydroxylation sites is 1. The number of allylic oxidation sites excluding steroid dienone is 3. The van der Waals surface area contributed by atoms with Gasteiger partial charge in [0.1, 0.15) is 4.66 Å². The number of fused-ring (bicyclic) bond motifs is 1. The molecule has 5 rings (SSSR count). The van der Waals surface area contributed by atoms with Gasteiger partial charge in [0.2, 0.25) is 5.69 Å². The number of hydrogen-bond acceptors (Lipinski definition) is 6. The molecule has 3 heterocycles. The fourth-order valence-electron chi connectivity index (χ4n) is 5.15. The molecule has 0 unspecified atom stereocenters. The maximum Gasteiger partial charge on any atom is 0.269 e. The number of hydrogen-bond donors (Lipinski definition) is 1. The molecular weight excluding hydrogens is 599 g/mol. The van der Waals surface area contributed by atoms with Crippen molar-refractivity contribution in [1.29, 1.82) is 0 Å². The summed E-state index contributed by atoms with van der Waals surface area (Å²) in [4.78, 5) is 15.7. The molecule has 43 heavy (non-hydrogen) atoms. The molecule has 2 aromatic heterocycles. The summed E-state index contributed by atoms with van der Waals surface area (Å²) in [6, 6.07) is 18.3. The predicted octanol–water partition coefficient (Wildman–Crippen LogP) is 5.05. The van der Waals surface area contributed by atoms with E-state index in [0.29, 0.717) is 17.6 Å². The Labute approximate surface area is 260 Å². The largest absolute Gasteiger partial charge is 0.347 e. The molecule has 7 nitrogen and oxygen atoms in total. The van der Waals surface area contributed by atoms with E-state index in [1.54, 1.807) is 15.9 Å². The van der Waals surface area contributed by atoms with Crippen molar-refractivity contribution in [1.82, 2.24) is 4.57 Å². The van der Waals surface area contributed by atoms with Gasteiger partial charge in [0.15, 0.2) is 6.54 Å². The predicted molar refractivity (Wildman–Crippen MR) is 178 cm³/mol. The maximum atomic E-state index is 13.5. The minimum absolute atomic E-state index is 0.0361. The Morgan fingerprint density at radius 2 is 1.77 bits per heavy atom. The summed E-state index contributed by atoms with van der Waals surface area (Å²) in [6.07, 6.45) is 12.7. The van der Waals surface area contributed by atoms with E-state index in [9.17, 15) is 17.8 Å². The van der Waals surface area contributed by atoms with E-state index in [2.05, 4.69) is 46.9 Å². The van der Waals surface area contributed by atoms with Crippen LogP contribution in [0.2, 0.25) is 0 Å². The monoisotopic (exact) mass is 634 g/mol. The maximum absolute atomic E-state index is 13.5. The second-order valence-electron chi connectivity index (χ2n) is 10.3. The molecule has 0 radical (unpaired) electrons. The molecule has 2 aromatic carbocycles. The van der Waals surface area contributed by atoms with E-state index >= 15 is 0 Å². The van der Waals surface area contributed by atoms with Crippen molar-refractivity contribution in [2.75, 3.05) is 17.2 Å². The molecule has 0 bridgehead atoms. The average Bonchev–Trinajstić information content (AvgIpc) is 3.54. The van der Waals surface area contributed by atoms with Crippen LogP contribution in [0.3, 0.4) is 0 Å². The van der Waals surface area contributed by atoms with Gasteiger partial charge in [0, 0.05) is 42.5 Å². The summed E-state index contributed by atoms with van der Waals surface area (Å²) in [6.45, 7) is 6.06. The van der Waals surface area contributed by atoms with E-state index in [1.807, 2.05) is 66.9 Å². The molecule has 0 atom stereocenters. The number of benzene rings is 2. The van der Waals surface area contributed by atoms with Crippen molar-refractivity contribution in [2.45, 2.75) is 46.2 Å². The Bertz CT molecular complexity index is 1930. The zero-order valence-corrected chi connectivity index (χ0v) is 26.8. The fraction of sp³-hybridized carbons (Fsp3) is 0.273. The highest BCUT2D eigenvalue weighted by Crippen LogP contribution is 2.32. The molecule has 224 valence electrons. The van der Waals surface area contributed by atoms with Crippen molar-refractivity contribution < 1.29 is 17.5 Å². The van der Waals surface area contributed by atoms with Gasteiger partial charge in [0.05, 0.1) is 21.7 Å². The lowest BCUT2D eigenvalue weighted by atomic mass is 9.99. The van der Waals surface area contributed by atoms with Gasteiger partial charge in [-0.05, 0) is 49.3 Å². The van der Waals surface area contributed by atoms with Crippen molar-refractivity contribution in [3.8, 4) is 11.3 Å². The van der Waals surface area contributed by atoms with Gasteiger partial charge >= 0.3 is 0 Å². The van der Waals surface area contributed by atoms with Crippen LogP contribution in [-0.4, -0.2) is 29.8 Å². The lowest BCUT2D eigenvalue weighted by Gasteiger charge is -2.27. The average molecular weight is 635 g/mol. The molecule has 1 aliphatic heterocycles. The first-order valence-electron chi connectivity index (χ1n) is 14.5. The van der Waals surface area contributed by atoms with Gasteiger partial charge in [-0.1, -0.05) is 67.2 Å². The van der Waals surface area contributed by atoms with Crippen LogP contribution in [0.25, 0.3) is 29.0 Å². The Hall–Kier alpha value is -3.57. The lowest BCUT2D eigenvalue weighted by Crippen LogP contribution is -2.38. The molecule has 0 saturated heterocycles. The smallest absolute Gasteiger partial charge is 0.269 e. The Kier molecular flexibility index (Phi) is 9.92. The molecule has 1 N–H and O–H groups in total. The highest BCUT2D eigenvalue weighted by molar-refractivity contribution is 7.85. The van der Waals surface area contributed by atoms with E-state index < -0.39 is 10.1 Å². The molecule has 4 aromatic rings. The minimum atomic E-state index is -4.06.